The van der Waals surface area contributed by atoms with Gasteiger partial charge in [-0.15, -0.1) is 0 Å². The number of thiocarbonyl (C=S) groups is 1. The number of rotatable bonds is 7. The smallest absolute Gasteiger partial charge is 0.276 e. The van der Waals surface area contributed by atoms with Crippen molar-refractivity contribution in [3.05, 3.63) is 54.9 Å². The molecule has 2 aromatic rings. The van der Waals surface area contributed by atoms with Gasteiger partial charge in [0.15, 0.2) is 18.3 Å². The molecule has 2 amide bonds. The van der Waals surface area contributed by atoms with Gasteiger partial charge in [0.25, 0.3) is 11.8 Å². The molecule has 0 unspecified atom stereocenters. The minimum absolute atomic E-state index is 0.0622. The molecule has 0 bridgehead atoms. The summed E-state index contributed by atoms with van der Waals surface area (Å²) in [6.45, 7) is 5.57. The number of benzene rings is 2. The van der Waals surface area contributed by atoms with Gasteiger partial charge in [-0.05, 0) is 82.4 Å². The van der Waals surface area contributed by atoms with Gasteiger partial charge < -0.3 is 9.47 Å². The fraction of sp³-hybridized carbons (Fsp3) is 0.286. The van der Waals surface area contributed by atoms with Gasteiger partial charge in [-0.3, -0.25) is 25.8 Å². The Hall–Kier alpha value is -1.69. The number of hydrazine groups is 1. The van der Waals surface area contributed by atoms with Crippen molar-refractivity contribution in [2.75, 3.05) is 13.2 Å². The van der Waals surface area contributed by atoms with Crippen LogP contribution in [-0.4, -0.2) is 30.1 Å². The molecule has 2 rings (SSSR count). The predicted octanol–water partition coefficient (Wildman–Crippen LogP) is 4.89. The van der Waals surface area contributed by atoms with E-state index < -0.39 is 11.8 Å². The van der Waals surface area contributed by atoms with Gasteiger partial charge >= 0.3 is 0 Å². The van der Waals surface area contributed by atoms with E-state index in [2.05, 4.69) is 64.0 Å². The predicted molar refractivity (Wildman–Crippen MR) is 138 cm³/mol. The molecule has 0 spiro atoms. The molecular weight excluding hydrogens is 630 g/mol. The Morgan fingerprint density at radius 2 is 1.59 bits per heavy atom. The number of nitrogens with one attached hydrogen (secondary N) is 3. The molecule has 0 aliphatic heterocycles. The van der Waals surface area contributed by atoms with Crippen LogP contribution in [-0.2, 0) is 9.59 Å². The quantitative estimate of drug-likeness (QED) is 0.292. The van der Waals surface area contributed by atoms with Gasteiger partial charge in [-0.2, -0.15) is 0 Å². The Labute approximate surface area is 217 Å². The second kappa shape index (κ2) is 12.5. The van der Waals surface area contributed by atoms with Gasteiger partial charge in [-0.25, -0.2) is 0 Å². The summed E-state index contributed by atoms with van der Waals surface area (Å²) in [5, 5.41) is 2.39. The number of halogens is 3. The highest BCUT2D eigenvalue weighted by Gasteiger charge is 2.13. The van der Waals surface area contributed by atoms with Crippen molar-refractivity contribution in [3.63, 3.8) is 0 Å². The zero-order valence-corrected chi connectivity index (χ0v) is 23.1. The molecular formula is C21H22Br3N3O4S. The average molecular weight is 652 g/mol. The van der Waals surface area contributed by atoms with E-state index in [1.807, 2.05) is 32.9 Å². The molecule has 0 heterocycles. The second-order valence-electron chi connectivity index (χ2n) is 7.00. The van der Waals surface area contributed by atoms with Crippen LogP contribution in [0, 0.1) is 6.92 Å². The topological polar surface area (TPSA) is 88.7 Å². The van der Waals surface area contributed by atoms with Crippen LogP contribution in [0.3, 0.4) is 0 Å². The zero-order valence-electron chi connectivity index (χ0n) is 17.6. The van der Waals surface area contributed by atoms with E-state index in [1.54, 1.807) is 18.2 Å². The van der Waals surface area contributed by atoms with E-state index in [9.17, 15) is 9.59 Å². The van der Waals surface area contributed by atoms with E-state index in [-0.39, 0.29) is 24.2 Å². The van der Waals surface area contributed by atoms with E-state index in [4.69, 9.17) is 21.7 Å². The normalized spacial score (nSPS) is 10.5. The molecule has 0 aromatic heterocycles. The molecule has 172 valence electrons. The number of hydrogen-bond donors (Lipinski definition) is 3. The molecule has 0 saturated carbocycles. The number of carbonyl (C=O) groups is 2. The summed E-state index contributed by atoms with van der Waals surface area (Å²) < 4.78 is 13.7. The summed E-state index contributed by atoms with van der Waals surface area (Å²) in [6, 6.07) is 9.19. The van der Waals surface area contributed by atoms with Crippen molar-refractivity contribution < 1.29 is 19.1 Å². The summed E-state index contributed by atoms with van der Waals surface area (Å²) >= 11 is 15.2. The fourth-order valence-electron chi connectivity index (χ4n) is 2.48. The molecule has 0 saturated heterocycles. The van der Waals surface area contributed by atoms with Gasteiger partial charge in [0, 0.05) is 8.95 Å². The van der Waals surface area contributed by atoms with Crippen LogP contribution in [0.15, 0.2) is 43.7 Å². The first kappa shape index (κ1) is 26.6. The minimum atomic E-state index is -0.473. The van der Waals surface area contributed by atoms with Crippen LogP contribution < -0.4 is 25.6 Å². The van der Waals surface area contributed by atoms with Crippen molar-refractivity contribution in [1.29, 1.82) is 0 Å². The molecule has 3 N–H and O–H groups in total. The van der Waals surface area contributed by atoms with E-state index in [0.717, 1.165) is 20.1 Å². The van der Waals surface area contributed by atoms with Gasteiger partial charge in [0.2, 0.25) is 0 Å². The molecule has 32 heavy (non-hydrogen) atoms. The van der Waals surface area contributed by atoms with Gasteiger partial charge in [0.05, 0.1) is 4.47 Å². The lowest BCUT2D eigenvalue weighted by Crippen LogP contribution is -2.50. The third-order valence-corrected chi connectivity index (χ3v) is 6.26. The Morgan fingerprint density at radius 3 is 2.25 bits per heavy atom. The summed E-state index contributed by atoms with van der Waals surface area (Å²) in [5.41, 5.74) is 6.81. The molecule has 0 radical (unpaired) electrons. The standard InChI is InChI=1S/C21H22Br3N3O4S/c1-11(2)14-8-15(23)12(3)6-18(14)31-9-19(28)25-21(32)27-26-20(29)10-30-17-5-4-13(22)7-16(17)24/h4-8,11H,9-10H2,1-3H3,(H,26,29)(H2,25,27,28,32). The summed E-state index contributed by atoms with van der Waals surface area (Å²) in [6.07, 6.45) is 0. The first-order chi connectivity index (χ1) is 15.1. The zero-order chi connectivity index (χ0) is 23.8. The van der Waals surface area contributed by atoms with Crippen molar-refractivity contribution in [1.82, 2.24) is 16.2 Å². The maximum Gasteiger partial charge on any atom is 0.276 e. The molecule has 0 atom stereocenters. The van der Waals surface area contributed by atoms with E-state index in [1.165, 1.54) is 0 Å². The summed E-state index contributed by atoms with van der Waals surface area (Å²) in [7, 11) is 0. The molecule has 0 aliphatic rings. The Bertz CT molecular complexity index is 1020. The Balaban J connectivity index is 1.77. The van der Waals surface area contributed by atoms with Crippen LogP contribution in [0.4, 0.5) is 0 Å². The third kappa shape index (κ3) is 8.34. The average Bonchev–Trinajstić information content (AvgIpc) is 2.72. The lowest BCUT2D eigenvalue weighted by atomic mass is 10.0. The maximum atomic E-state index is 12.2. The number of amides is 2. The van der Waals surface area contributed by atoms with Crippen molar-refractivity contribution >= 4 is 76.9 Å². The maximum absolute atomic E-state index is 12.2. The number of aryl methyl sites for hydroxylation is 1. The largest absolute Gasteiger partial charge is 0.483 e. The lowest BCUT2D eigenvalue weighted by molar-refractivity contribution is -0.124. The SMILES string of the molecule is Cc1cc(OCC(=O)NC(=S)NNC(=O)COc2ccc(Br)cc2Br)c(C(C)C)cc1Br. The summed E-state index contributed by atoms with van der Waals surface area (Å²) in [5.74, 6) is 0.449. The van der Waals surface area contributed by atoms with Gasteiger partial charge in [-0.1, -0.05) is 45.7 Å². The molecule has 2 aromatic carbocycles. The lowest BCUT2D eigenvalue weighted by Gasteiger charge is -2.16. The first-order valence-electron chi connectivity index (χ1n) is 9.46. The first-order valence-corrected chi connectivity index (χ1v) is 12.2. The minimum Gasteiger partial charge on any atom is -0.483 e. The van der Waals surface area contributed by atoms with Crippen molar-refractivity contribution in [3.8, 4) is 11.5 Å². The second-order valence-corrected chi connectivity index (χ2v) is 10.0. The molecule has 7 nitrogen and oxygen atoms in total. The number of carbonyl (C=O) groups excluding carboxylic acids is 2. The highest BCUT2D eigenvalue weighted by atomic mass is 79.9. The monoisotopic (exact) mass is 649 g/mol. The van der Waals surface area contributed by atoms with Crippen molar-refractivity contribution in [2.45, 2.75) is 26.7 Å². The van der Waals surface area contributed by atoms with E-state index >= 15 is 0 Å². The highest BCUT2D eigenvalue weighted by molar-refractivity contribution is 9.11. The van der Waals surface area contributed by atoms with Crippen LogP contribution in [0.25, 0.3) is 0 Å². The number of ether oxygens (including phenoxy) is 2. The molecule has 0 aliphatic carbocycles. The Kier molecular flexibility index (Phi) is 10.4. The highest BCUT2D eigenvalue weighted by Crippen LogP contribution is 2.32. The number of hydrogen-bond acceptors (Lipinski definition) is 5. The van der Waals surface area contributed by atoms with Crippen LogP contribution in [0.1, 0.15) is 30.9 Å². The fourth-order valence-corrected chi connectivity index (χ4v) is 4.17. The van der Waals surface area contributed by atoms with Gasteiger partial charge in [0.1, 0.15) is 11.5 Å². The third-order valence-electron chi connectivity index (χ3n) is 4.09. The summed E-state index contributed by atoms with van der Waals surface area (Å²) in [4.78, 5) is 24.1. The van der Waals surface area contributed by atoms with Crippen LogP contribution in [0.2, 0.25) is 0 Å². The molecule has 0 fully saturated rings. The Morgan fingerprint density at radius 1 is 0.938 bits per heavy atom. The van der Waals surface area contributed by atoms with E-state index in [0.29, 0.717) is 16.0 Å². The van der Waals surface area contributed by atoms with Crippen molar-refractivity contribution in [2.24, 2.45) is 0 Å². The molecule has 11 heteroatoms. The van der Waals surface area contributed by atoms with Crippen LogP contribution in [0.5, 0.6) is 11.5 Å². The van der Waals surface area contributed by atoms with Crippen LogP contribution >= 0.6 is 60.0 Å².